The van der Waals surface area contributed by atoms with E-state index in [9.17, 15) is 18.5 Å². The highest BCUT2D eigenvalue weighted by atomic mass is 32.2. The summed E-state index contributed by atoms with van der Waals surface area (Å²) in [5.41, 5.74) is 0.341. The Morgan fingerprint density at radius 3 is 2.40 bits per heavy atom. The summed E-state index contributed by atoms with van der Waals surface area (Å²) in [6.07, 6.45) is 1.33. The molecule has 3 heterocycles. The lowest BCUT2D eigenvalue weighted by Gasteiger charge is -2.35. The summed E-state index contributed by atoms with van der Waals surface area (Å²) in [6, 6.07) is 16.5. The van der Waals surface area contributed by atoms with Gasteiger partial charge < -0.3 is 24.5 Å². The molecule has 35 heavy (non-hydrogen) atoms. The van der Waals surface area contributed by atoms with Crippen molar-refractivity contribution in [2.45, 2.75) is 24.0 Å². The highest BCUT2D eigenvalue weighted by Gasteiger charge is 2.41. The minimum atomic E-state index is -3.61. The second-order valence-electron chi connectivity index (χ2n) is 8.81. The van der Waals surface area contributed by atoms with E-state index in [1.165, 1.54) is 10.5 Å². The molecule has 2 aliphatic rings. The van der Waals surface area contributed by atoms with Gasteiger partial charge in [0.15, 0.2) is 5.60 Å². The Morgan fingerprint density at radius 2 is 1.77 bits per heavy atom. The first-order valence-electron chi connectivity index (χ1n) is 11.2. The van der Waals surface area contributed by atoms with Crippen LogP contribution in [0.3, 0.4) is 0 Å². The van der Waals surface area contributed by atoms with Crippen molar-refractivity contribution in [3.05, 3.63) is 70.9 Å². The zero-order valence-electron chi connectivity index (χ0n) is 19.1. The molecule has 0 radical (unpaired) electrons. The van der Waals surface area contributed by atoms with Crippen molar-refractivity contribution >= 4 is 21.5 Å². The minimum absolute atomic E-state index is 0.164. The summed E-state index contributed by atoms with van der Waals surface area (Å²) in [6.45, 7) is 4.42. The van der Waals surface area contributed by atoms with Crippen molar-refractivity contribution in [1.82, 2.24) is 13.9 Å². The van der Waals surface area contributed by atoms with E-state index in [4.69, 9.17) is 9.47 Å². The first-order valence-corrected chi connectivity index (χ1v) is 12.6. The Kier molecular flexibility index (Phi) is 5.85. The number of ether oxygens (including phenoxy) is 2. The summed E-state index contributed by atoms with van der Waals surface area (Å²) in [7, 11) is -3.61. The Labute approximate surface area is 202 Å². The highest BCUT2D eigenvalue weighted by molar-refractivity contribution is 7.89. The molecule has 1 aromatic heterocycles. The number of para-hydroxylation sites is 1. The van der Waals surface area contributed by atoms with Crippen LogP contribution >= 0.6 is 0 Å². The number of aromatic nitrogens is 2. The van der Waals surface area contributed by atoms with Gasteiger partial charge in [0, 0.05) is 36.9 Å². The van der Waals surface area contributed by atoms with E-state index in [0.717, 1.165) is 5.69 Å². The number of benzene rings is 2. The van der Waals surface area contributed by atoms with Gasteiger partial charge in [-0.15, -0.1) is 0 Å². The molecule has 1 saturated heterocycles. The first-order chi connectivity index (χ1) is 16.7. The van der Waals surface area contributed by atoms with Gasteiger partial charge in [0.25, 0.3) is 0 Å². The molecule has 0 spiro atoms. The van der Waals surface area contributed by atoms with Gasteiger partial charge in [0.05, 0.1) is 11.4 Å². The maximum Gasteiger partial charge on any atom is 0.415 e. The van der Waals surface area contributed by atoms with Gasteiger partial charge in [-0.05, 0) is 48.2 Å². The van der Waals surface area contributed by atoms with Gasteiger partial charge in [-0.2, -0.15) is 4.31 Å². The van der Waals surface area contributed by atoms with E-state index in [0.29, 0.717) is 38.5 Å². The molecule has 3 aromatic rings. The number of hydrogen-bond acceptors (Lipinski definition) is 8. The molecule has 184 valence electrons. The van der Waals surface area contributed by atoms with E-state index in [1.54, 1.807) is 28.8 Å². The summed E-state index contributed by atoms with van der Waals surface area (Å²) >= 11 is 0. The normalized spacial score (nSPS) is 20.3. The second kappa shape index (κ2) is 8.86. The van der Waals surface area contributed by atoms with Gasteiger partial charge in [-0.1, -0.05) is 18.2 Å². The van der Waals surface area contributed by atoms with Crippen molar-refractivity contribution in [3.8, 4) is 11.8 Å². The molecule has 11 nitrogen and oxygen atoms in total. The molecule has 0 saturated carbocycles. The van der Waals surface area contributed by atoms with Crippen molar-refractivity contribution in [2.75, 3.05) is 37.7 Å². The number of hydrogen-bond donors (Lipinski definition) is 0. The first kappa shape index (κ1) is 23.1. The molecular formula is C23H25N5O6S. The summed E-state index contributed by atoms with van der Waals surface area (Å²) in [5, 5.41) is 10.9. The molecule has 0 aliphatic carbocycles. The molecule has 12 heteroatoms. The fourth-order valence-corrected chi connectivity index (χ4v) is 5.70. The fraction of sp³-hybridized carbons (Fsp3) is 0.348. The van der Waals surface area contributed by atoms with Crippen LogP contribution in [0.1, 0.15) is 6.92 Å². The van der Waals surface area contributed by atoms with Gasteiger partial charge in [0.2, 0.25) is 10.0 Å². The number of nitro groups is 1. The average Bonchev–Trinajstić information content (AvgIpc) is 3.39. The van der Waals surface area contributed by atoms with E-state index in [1.807, 2.05) is 37.3 Å². The molecule has 5 rings (SSSR count). The van der Waals surface area contributed by atoms with E-state index in [-0.39, 0.29) is 23.3 Å². The number of piperazine rings is 1. The van der Waals surface area contributed by atoms with Gasteiger partial charge in [-0.3, -0.25) is 4.57 Å². The third kappa shape index (κ3) is 4.66. The van der Waals surface area contributed by atoms with Crippen LogP contribution in [0.5, 0.6) is 11.8 Å². The monoisotopic (exact) mass is 499 g/mol. The third-order valence-corrected chi connectivity index (χ3v) is 8.04. The van der Waals surface area contributed by atoms with Crippen LogP contribution < -0.4 is 14.4 Å². The van der Waals surface area contributed by atoms with E-state index >= 15 is 0 Å². The van der Waals surface area contributed by atoms with Crippen LogP contribution in [-0.2, 0) is 16.6 Å². The van der Waals surface area contributed by atoms with Crippen molar-refractivity contribution in [2.24, 2.45) is 0 Å². The van der Waals surface area contributed by atoms with Crippen LogP contribution in [0, 0.1) is 10.1 Å². The molecule has 1 atom stereocenters. The molecular weight excluding hydrogens is 474 g/mol. The van der Waals surface area contributed by atoms with Gasteiger partial charge >= 0.3 is 11.8 Å². The summed E-state index contributed by atoms with van der Waals surface area (Å²) in [4.78, 5) is 16.5. The van der Waals surface area contributed by atoms with Gasteiger partial charge in [-0.25, -0.2) is 8.42 Å². The number of sulfonamides is 1. The van der Waals surface area contributed by atoms with Crippen LogP contribution in [0.25, 0.3) is 0 Å². The zero-order valence-corrected chi connectivity index (χ0v) is 19.9. The smallest absolute Gasteiger partial charge is 0.415 e. The van der Waals surface area contributed by atoms with Crippen LogP contribution in [0.15, 0.2) is 65.7 Å². The molecule has 2 aliphatic heterocycles. The maximum absolute atomic E-state index is 13.1. The molecule has 0 N–H and O–H groups in total. The molecule has 0 unspecified atom stereocenters. The fourth-order valence-electron chi connectivity index (χ4n) is 4.27. The lowest BCUT2D eigenvalue weighted by atomic mass is 10.1. The number of nitrogens with zero attached hydrogens (tertiary/aromatic N) is 5. The predicted molar refractivity (Wildman–Crippen MR) is 127 cm³/mol. The molecule has 1 fully saturated rings. The largest absolute Gasteiger partial charge is 0.489 e. The minimum Gasteiger partial charge on any atom is -0.489 e. The number of anilines is 1. The lowest BCUT2D eigenvalue weighted by Crippen LogP contribution is -2.48. The standard InChI is InChI=1S/C23H25N5O6S/c1-23(16-26-15-21(28(29)30)24-22(26)34-23)17-33-19-7-9-20(10-8-19)35(31,32)27-13-11-25(12-14-27)18-5-3-2-4-6-18/h2-10,15H,11-14,16-17H2,1H3/t23-/m1/s1. The maximum atomic E-state index is 13.1. The van der Waals surface area contributed by atoms with E-state index in [2.05, 4.69) is 9.88 Å². The van der Waals surface area contributed by atoms with E-state index < -0.39 is 20.5 Å². The molecule has 2 aromatic carbocycles. The third-order valence-electron chi connectivity index (χ3n) is 6.12. The Balaban J connectivity index is 1.17. The number of rotatable bonds is 7. The quantitative estimate of drug-likeness (QED) is 0.359. The average molecular weight is 500 g/mol. The van der Waals surface area contributed by atoms with Crippen LogP contribution in [0.2, 0.25) is 0 Å². The Hall–Kier alpha value is -3.64. The van der Waals surface area contributed by atoms with Crippen LogP contribution in [-0.4, -0.2) is 65.6 Å². The highest BCUT2D eigenvalue weighted by Crippen LogP contribution is 2.31. The summed E-state index contributed by atoms with van der Waals surface area (Å²) < 4.78 is 40.9. The van der Waals surface area contributed by atoms with Gasteiger partial charge in [0.1, 0.15) is 18.6 Å². The summed E-state index contributed by atoms with van der Waals surface area (Å²) in [5.74, 6) is 0.236. The van der Waals surface area contributed by atoms with Crippen LogP contribution in [0.4, 0.5) is 11.5 Å². The SMILES string of the molecule is C[C@]1(COc2ccc(S(=O)(=O)N3CCN(c4ccccc4)CC3)cc2)Cn2cc([N+](=O)[O-])nc2O1. The van der Waals surface area contributed by atoms with Crippen molar-refractivity contribution in [3.63, 3.8) is 0 Å². The number of imidazole rings is 1. The number of fused-ring (bicyclic) bond motifs is 1. The van der Waals surface area contributed by atoms with Crippen molar-refractivity contribution in [1.29, 1.82) is 0 Å². The topological polar surface area (TPSA) is 120 Å². The lowest BCUT2D eigenvalue weighted by molar-refractivity contribution is -0.389. The Bertz CT molecular complexity index is 1290. The molecule has 0 bridgehead atoms. The second-order valence-corrected chi connectivity index (χ2v) is 10.7. The van der Waals surface area contributed by atoms with Crippen molar-refractivity contribution < 1.29 is 22.8 Å². The molecule has 0 amide bonds. The zero-order chi connectivity index (χ0) is 24.6. The Morgan fingerprint density at radius 1 is 1.09 bits per heavy atom. The predicted octanol–water partition coefficient (Wildman–Crippen LogP) is 2.53.